The van der Waals surface area contributed by atoms with E-state index in [1.807, 2.05) is 48.5 Å². The smallest absolute Gasteiger partial charge is 0.247 e. The number of benzene rings is 2. The minimum atomic E-state index is -0.420. The molecule has 5 nitrogen and oxygen atoms in total. The van der Waals surface area contributed by atoms with Gasteiger partial charge in [-0.15, -0.1) is 10.2 Å². The molecule has 132 valence electrons. The fourth-order valence-electron chi connectivity index (χ4n) is 2.72. The fourth-order valence-corrected chi connectivity index (χ4v) is 3.55. The zero-order valence-electron chi connectivity index (χ0n) is 14.1. The molecule has 7 heteroatoms. The molecule has 0 spiro atoms. The van der Waals surface area contributed by atoms with E-state index in [2.05, 4.69) is 27.4 Å². The van der Waals surface area contributed by atoms with E-state index in [4.69, 9.17) is 16.3 Å². The first-order valence-electron chi connectivity index (χ1n) is 8.40. The van der Waals surface area contributed by atoms with Gasteiger partial charge in [-0.25, -0.2) is 0 Å². The topological polar surface area (TPSA) is 59.9 Å². The van der Waals surface area contributed by atoms with Gasteiger partial charge in [-0.05, 0) is 24.6 Å². The van der Waals surface area contributed by atoms with Crippen LogP contribution in [0.3, 0.4) is 0 Å². The van der Waals surface area contributed by atoms with Crippen LogP contribution in [0, 0.1) is 0 Å². The molecule has 26 heavy (non-hydrogen) atoms. The molecule has 0 radical (unpaired) electrons. The number of thioether (sulfide) groups is 1. The number of fused-ring (bicyclic) bond motifs is 3. The number of hydrogen-bond acceptors (Lipinski definition) is 6. The quantitative estimate of drug-likeness (QED) is 0.624. The van der Waals surface area contributed by atoms with Crippen molar-refractivity contribution < 1.29 is 4.74 Å². The average molecular weight is 385 g/mol. The van der Waals surface area contributed by atoms with Crippen LogP contribution < -0.4 is 10.1 Å². The Balaban J connectivity index is 1.79. The summed E-state index contributed by atoms with van der Waals surface area (Å²) in [6.07, 6.45) is 0.624. The molecule has 3 aromatic rings. The number of anilines is 1. The second-order valence-electron chi connectivity index (χ2n) is 5.84. The van der Waals surface area contributed by atoms with E-state index in [0.717, 1.165) is 29.0 Å². The summed E-state index contributed by atoms with van der Waals surface area (Å²) in [6, 6.07) is 15.5. The van der Waals surface area contributed by atoms with Crippen molar-refractivity contribution in [3.8, 4) is 17.1 Å². The molecule has 0 bridgehead atoms. The summed E-state index contributed by atoms with van der Waals surface area (Å²) in [5.41, 5.74) is 3.39. The van der Waals surface area contributed by atoms with Crippen molar-refractivity contribution in [2.75, 3.05) is 11.1 Å². The second kappa shape index (κ2) is 7.51. The van der Waals surface area contributed by atoms with E-state index in [0.29, 0.717) is 21.8 Å². The number of para-hydroxylation sites is 1. The van der Waals surface area contributed by atoms with Gasteiger partial charge in [0.05, 0.1) is 0 Å². The number of nitrogens with one attached hydrogen (secondary N) is 1. The van der Waals surface area contributed by atoms with Gasteiger partial charge in [0, 0.05) is 27.6 Å². The Morgan fingerprint density at radius 2 is 2.04 bits per heavy atom. The van der Waals surface area contributed by atoms with Gasteiger partial charge < -0.3 is 10.1 Å². The lowest BCUT2D eigenvalue weighted by molar-refractivity contribution is 0.225. The first kappa shape index (κ1) is 17.1. The van der Waals surface area contributed by atoms with Gasteiger partial charge in [-0.3, -0.25) is 0 Å². The van der Waals surface area contributed by atoms with Crippen LogP contribution in [0.15, 0.2) is 53.7 Å². The fraction of sp³-hybridized carbons (Fsp3) is 0.211. The Bertz CT molecular complexity index is 937. The molecule has 0 amide bonds. The third-order valence-electron chi connectivity index (χ3n) is 3.92. The van der Waals surface area contributed by atoms with Crippen molar-refractivity contribution in [1.29, 1.82) is 0 Å². The Hall–Kier alpha value is -2.31. The third-order valence-corrected chi connectivity index (χ3v) is 5.20. The number of hydrogen-bond donors (Lipinski definition) is 1. The van der Waals surface area contributed by atoms with Crippen LogP contribution in [0.1, 0.15) is 25.1 Å². The number of nitrogens with zero attached hydrogens (tertiary/aromatic N) is 3. The number of aromatic nitrogens is 3. The van der Waals surface area contributed by atoms with Crippen molar-refractivity contribution in [2.45, 2.75) is 24.7 Å². The minimum absolute atomic E-state index is 0.420. The van der Waals surface area contributed by atoms with Crippen molar-refractivity contribution in [2.24, 2.45) is 0 Å². The van der Waals surface area contributed by atoms with Gasteiger partial charge >= 0.3 is 0 Å². The SMILES string of the molecule is CCCSc1nnc2c(n1)O[C@@H](c1cccc(Cl)c1)Nc1ccccc1-2. The van der Waals surface area contributed by atoms with Crippen LogP contribution in [0.5, 0.6) is 5.88 Å². The molecule has 0 unspecified atom stereocenters. The number of ether oxygens (including phenoxy) is 1. The summed E-state index contributed by atoms with van der Waals surface area (Å²) in [5, 5.41) is 13.3. The molecule has 0 saturated carbocycles. The minimum Gasteiger partial charge on any atom is -0.448 e. The summed E-state index contributed by atoms with van der Waals surface area (Å²) in [4.78, 5) is 4.60. The van der Waals surface area contributed by atoms with Crippen molar-refractivity contribution >= 4 is 29.1 Å². The first-order chi connectivity index (χ1) is 12.7. The molecule has 1 N–H and O–H groups in total. The molecule has 1 aromatic heterocycles. The van der Waals surface area contributed by atoms with E-state index in [1.54, 1.807) is 11.8 Å². The molecule has 2 heterocycles. The van der Waals surface area contributed by atoms with Crippen molar-refractivity contribution in [1.82, 2.24) is 15.2 Å². The Kier molecular flexibility index (Phi) is 4.95. The van der Waals surface area contributed by atoms with Crippen molar-refractivity contribution in [3.05, 3.63) is 59.1 Å². The third kappa shape index (κ3) is 3.48. The maximum Gasteiger partial charge on any atom is 0.247 e. The van der Waals surface area contributed by atoms with Gasteiger partial charge in [-0.1, -0.05) is 60.6 Å². The van der Waals surface area contributed by atoms with Gasteiger partial charge in [-0.2, -0.15) is 4.98 Å². The first-order valence-corrected chi connectivity index (χ1v) is 9.76. The van der Waals surface area contributed by atoms with E-state index in [9.17, 15) is 0 Å². The molecule has 4 rings (SSSR count). The standard InChI is InChI=1S/C19H17ClN4OS/c1-2-10-26-19-22-18-16(23-24-19)14-8-3-4-9-15(14)21-17(25-18)12-6-5-7-13(20)11-12/h3-9,11,17,21H,2,10H2,1H3/t17-/m0/s1. The number of halogens is 1. The van der Waals surface area contributed by atoms with Crippen LogP contribution in [0.4, 0.5) is 5.69 Å². The summed E-state index contributed by atoms with van der Waals surface area (Å²) in [6.45, 7) is 2.12. The monoisotopic (exact) mass is 384 g/mol. The van der Waals surface area contributed by atoms with Crippen LogP contribution in [-0.2, 0) is 0 Å². The van der Waals surface area contributed by atoms with E-state index in [1.165, 1.54) is 0 Å². The van der Waals surface area contributed by atoms with Crippen LogP contribution >= 0.6 is 23.4 Å². The highest BCUT2D eigenvalue weighted by molar-refractivity contribution is 7.99. The lowest BCUT2D eigenvalue weighted by atomic mass is 10.1. The summed E-state index contributed by atoms with van der Waals surface area (Å²) < 4.78 is 6.20. The highest BCUT2D eigenvalue weighted by atomic mass is 35.5. The lowest BCUT2D eigenvalue weighted by Crippen LogP contribution is -2.17. The molecule has 2 aromatic carbocycles. The Morgan fingerprint density at radius 1 is 1.15 bits per heavy atom. The summed E-state index contributed by atoms with van der Waals surface area (Å²) >= 11 is 7.74. The van der Waals surface area contributed by atoms with Crippen LogP contribution in [-0.4, -0.2) is 20.9 Å². The van der Waals surface area contributed by atoms with Gasteiger partial charge in [0.2, 0.25) is 11.0 Å². The molecule has 0 saturated heterocycles. The van der Waals surface area contributed by atoms with Gasteiger partial charge in [0.1, 0.15) is 0 Å². The summed E-state index contributed by atoms with van der Waals surface area (Å²) in [7, 11) is 0. The lowest BCUT2D eigenvalue weighted by Gasteiger charge is -2.19. The van der Waals surface area contributed by atoms with E-state index >= 15 is 0 Å². The van der Waals surface area contributed by atoms with Gasteiger partial charge in [0.15, 0.2) is 11.9 Å². The van der Waals surface area contributed by atoms with E-state index in [-0.39, 0.29) is 0 Å². The normalized spacial score (nSPS) is 15.2. The molecule has 0 fully saturated rings. The maximum absolute atomic E-state index is 6.20. The van der Waals surface area contributed by atoms with E-state index < -0.39 is 6.23 Å². The predicted octanol–water partition coefficient (Wildman–Crippen LogP) is 5.20. The molecular weight excluding hydrogens is 368 g/mol. The zero-order valence-corrected chi connectivity index (χ0v) is 15.7. The predicted molar refractivity (Wildman–Crippen MR) is 105 cm³/mol. The van der Waals surface area contributed by atoms with Gasteiger partial charge in [0.25, 0.3) is 0 Å². The average Bonchev–Trinajstić information content (AvgIpc) is 2.83. The van der Waals surface area contributed by atoms with Crippen LogP contribution in [0.25, 0.3) is 11.3 Å². The highest BCUT2D eigenvalue weighted by Gasteiger charge is 2.26. The molecular formula is C19H17ClN4OS. The second-order valence-corrected chi connectivity index (χ2v) is 7.34. The molecule has 1 aliphatic heterocycles. The maximum atomic E-state index is 6.20. The van der Waals surface area contributed by atoms with Crippen LogP contribution in [0.2, 0.25) is 5.02 Å². The van der Waals surface area contributed by atoms with Crippen molar-refractivity contribution in [3.63, 3.8) is 0 Å². The largest absolute Gasteiger partial charge is 0.448 e. The summed E-state index contributed by atoms with van der Waals surface area (Å²) in [5.74, 6) is 1.41. The number of rotatable bonds is 4. The molecule has 1 atom stereocenters. The molecule has 0 aliphatic carbocycles. The highest BCUT2D eigenvalue weighted by Crippen LogP contribution is 2.39. The Morgan fingerprint density at radius 3 is 2.88 bits per heavy atom. The molecule has 1 aliphatic rings. The zero-order chi connectivity index (χ0) is 17.9. The Labute approximate surface area is 161 Å².